The molecule has 5 nitrogen and oxygen atoms in total. The van der Waals surface area contributed by atoms with Crippen LogP contribution in [0.15, 0.2) is 77.2 Å². The molecule has 5 heteroatoms. The van der Waals surface area contributed by atoms with Crippen molar-refractivity contribution in [1.82, 2.24) is 4.98 Å². The molecule has 4 rings (SSSR count). The minimum Gasteiger partial charge on any atom is -0.497 e. The quantitative estimate of drug-likeness (QED) is 0.513. The van der Waals surface area contributed by atoms with E-state index in [0.717, 1.165) is 22.4 Å². The van der Waals surface area contributed by atoms with E-state index in [4.69, 9.17) is 9.15 Å². The van der Waals surface area contributed by atoms with Crippen LogP contribution in [-0.2, 0) is 11.2 Å². The second kappa shape index (κ2) is 7.96. The zero-order chi connectivity index (χ0) is 19.3. The molecule has 0 saturated carbocycles. The molecule has 140 valence electrons. The number of methoxy groups -OCH3 is 1. The summed E-state index contributed by atoms with van der Waals surface area (Å²) in [4.78, 5) is 16.8. The predicted octanol–water partition coefficient (Wildman–Crippen LogP) is 5.07. The number of hydrogen-bond acceptors (Lipinski definition) is 4. The topological polar surface area (TPSA) is 64.4 Å². The number of aromatic nitrogens is 1. The normalized spacial score (nSPS) is 10.8. The van der Waals surface area contributed by atoms with Crippen molar-refractivity contribution in [3.05, 3.63) is 78.4 Å². The molecule has 28 heavy (non-hydrogen) atoms. The third-order valence-electron chi connectivity index (χ3n) is 4.47. The van der Waals surface area contributed by atoms with Crippen LogP contribution in [0.3, 0.4) is 0 Å². The molecule has 0 fully saturated rings. The number of amides is 1. The van der Waals surface area contributed by atoms with Gasteiger partial charge in [-0.3, -0.25) is 4.79 Å². The maximum atomic E-state index is 12.2. The lowest BCUT2D eigenvalue weighted by Crippen LogP contribution is -2.12. The van der Waals surface area contributed by atoms with Gasteiger partial charge in [-0.2, -0.15) is 0 Å². The number of rotatable bonds is 6. The summed E-state index contributed by atoms with van der Waals surface area (Å²) < 4.78 is 11.1. The average Bonchev–Trinajstić information content (AvgIpc) is 3.16. The monoisotopic (exact) mass is 372 g/mol. The number of ether oxygens (including phenoxy) is 1. The first-order valence-electron chi connectivity index (χ1n) is 9.10. The molecule has 0 aliphatic heterocycles. The van der Waals surface area contributed by atoms with Crippen LogP contribution >= 0.6 is 0 Å². The van der Waals surface area contributed by atoms with Crippen LogP contribution in [0.4, 0.5) is 5.69 Å². The fourth-order valence-electron chi connectivity index (χ4n) is 3.01. The largest absolute Gasteiger partial charge is 0.497 e. The summed E-state index contributed by atoms with van der Waals surface area (Å²) in [5, 5.41) is 2.92. The first-order chi connectivity index (χ1) is 13.7. The number of hydrogen-bond donors (Lipinski definition) is 1. The lowest BCUT2D eigenvalue weighted by Gasteiger charge is -2.05. The van der Waals surface area contributed by atoms with Gasteiger partial charge in [-0.1, -0.05) is 36.4 Å². The summed E-state index contributed by atoms with van der Waals surface area (Å²) in [5.74, 6) is 1.23. The van der Waals surface area contributed by atoms with E-state index in [-0.39, 0.29) is 5.91 Å². The molecule has 0 aliphatic carbocycles. The van der Waals surface area contributed by atoms with Crippen molar-refractivity contribution in [2.24, 2.45) is 0 Å². The van der Waals surface area contributed by atoms with Crippen LogP contribution in [0.25, 0.3) is 22.6 Å². The van der Waals surface area contributed by atoms with Gasteiger partial charge in [0, 0.05) is 23.7 Å². The van der Waals surface area contributed by atoms with E-state index >= 15 is 0 Å². The Bertz CT molecular complexity index is 1100. The minimum atomic E-state index is -0.0317. The molecule has 0 unspecified atom stereocenters. The van der Waals surface area contributed by atoms with Gasteiger partial charge in [0.1, 0.15) is 11.3 Å². The Morgan fingerprint density at radius 2 is 1.89 bits per heavy atom. The molecule has 0 bridgehead atoms. The molecule has 0 radical (unpaired) electrons. The fourth-order valence-corrected chi connectivity index (χ4v) is 3.01. The summed E-state index contributed by atoms with van der Waals surface area (Å²) >= 11 is 0. The van der Waals surface area contributed by atoms with Crippen LogP contribution in [0.1, 0.15) is 12.0 Å². The van der Waals surface area contributed by atoms with Crippen molar-refractivity contribution in [2.45, 2.75) is 12.8 Å². The molecule has 0 aliphatic rings. The van der Waals surface area contributed by atoms with E-state index < -0.39 is 0 Å². The summed E-state index contributed by atoms with van der Waals surface area (Å²) in [5.41, 5.74) is 4.04. The molecule has 0 atom stereocenters. The van der Waals surface area contributed by atoms with Crippen LogP contribution in [0.2, 0.25) is 0 Å². The maximum Gasteiger partial charge on any atom is 0.227 e. The lowest BCUT2D eigenvalue weighted by atomic mass is 10.1. The van der Waals surface area contributed by atoms with Gasteiger partial charge in [0.2, 0.25) is 11.8 Å². The van der Waals surface area contributed by atoms with E-state index in [1.54, 1.807) is 13.2 Å². The van der Waals surface area contributed by atoms with Crippen LogP contribution in [-0.4, -0.2) is 18.0 Å². The van der Waals surface area contributed by atoms with Crippen LogP contribution < -0.4 is 10.1 Å². The van der Waals surface area contributed by atoms with E-state index in [0.29, 0.717) is 30.0 Å². The van der Waals surface area contributed by atoms with Gasteiger partial charge < -0.3 is 14.5 Å². The fraction of sp³-hybridized carbons (Fsp3) is 0.130. The highest BCUT2D eigenvalue weighted by Crippen LogP contribution is 2.28. The highest BCUT2D eigenvalue weighted by atomic mass is 16.5. The summed E-state index contributed by atoms with van der Waals surface area (Å²) in [6.07, 6.45) is 1.13. The first-order valence-corrected chi connectivity index (χ1v) is 9.10. The second-order valence-electron chi connectivity index (χ2n) is 6.47. The Hall–Kier alpha value is -3.60. The minimum absolute atomic E-state index is 0.0317. The van der Waals surface area contributed by atoms with Crippen molar-refractivity contribution >= 4 is 22.7 Å². The van der Waals surface area contributed by atoms with Crippen molar-refractivity contribution in [3.63, 3.8) is 0 Å². The number of carbonyl (C=O) groups excluding carboxylic acids is 1. The average molecular weight is 372 g/mol. The number of carbonyl (C=O) groups is 1. The summed E-state index contributed by atoms with van der Waals surface area (Å²) in [6, 6.07) is 23.0. The Balaban J connectivity index is 1.47. The van der Waals surface area contributed by atoms with Crippen molar-refractivity contribution in [1.29, 1.82) is 0 Å². The molecular weight excluding hydrogens is 352 g/mol. The number of aryl methyl sites for hydroxylation is 1. The van der Waals surface area contributed by atoms with Crippen molar-refractivity contribution < 1.29 is 13.9 Å². The zero-order valence-electron chi connectivity index (χ0n) is 15.5. The smallest absolute Gasteiger partial charge is 0.227 e. The highest BCUT2D eigenvalue weighted by Gasteiger charge is 2.11. The molecule has 1 aromatic heterocycles. The first kappa shape index (κ1) is 17.8. The third-order valence-corrected chi connectivity index (χ3v) is 4.47. The predicted molar refractivity (Wildman–Crippen MR) is 109 cm³/mol. The Morgan fingerprint density at radius 1 is 1.04 bits per heavy atom. The third kappa shape index (κ3) is 4.04. The summed E-state index contributed by atoms with van der Waals surface area (Å²) in [7, 11) is 1.62. The Labute approximate surface area is 163 Å². The molecule has 0 spiro atoms. The number of anilines is 1. The standard InChI is InChI=1S/C23H20N2O3/c1-27-19-9-5-8-17(14-19)23-25-20-12-11-18(15-21(20)28-23)24-22(26)13-10-16-6-3-2-4-7-16/h2-9,11-12,14-15H,10,13H2,1H3,(H,24,26). The molecule has 1 heterocycles. The van der Waals surface area contributed by atoms with Crippen molar-refractivity contribution in [2.75, 3.05) is 12.4 Å². The number of nitrogens with zero attached hydrogens (tertiary/aromatic N) is 1. The van der Waals surface area contributed by atoms with Gasteiger partial charge in [0.25, 0.3) is 0 Å². The number of fused-ring (bicyclic) bond motifs is 1. The van der Waals surface area contributed by atoms with E-state index in [9.17, 15) is 4.79 Å². The van der Waals surface area contributed by atoms with Gasteiger partial charge in [-0.05, 0) is 42.3 Å². The van der Waals surface area contributed by atoms with Gasteiger partial charge >= 0.3 is 0 Å². The van der Waals surface area contributed by atoms with Gasteiger partial charge in [0.15, 0.2) is 5.58 Å². The van der Waals surface area contributed by atoms with Crippen LogP contribution in [0.5, 0.6) is 5.75 Å². The Morgan fingerprint density at radius 3 is 2.71 bits per heavy atom. The zero-order valence-corrected chi connectivity index (χ0v) is 15.5. The number of benzene rings is 3. The molecule has 1 amide bonds. The van der Waals surface area contributed by atoms with Gasteiger partial charge in [0.05, 0.1) is 7.11 Å². The summed E-state index contributed by atoms with van der Waals surface area (Å²) in [6.45, 7) is 0. The van der Waals surface area contributed by atoms with Crippen LogP contribution in [0, 0.1) is 0 Å². The van der Waals surface area contributed by atoms with E-state index in [1.807, 2.05) is 66.7 Å². The molecule has 1 N–H and O–H groups in total. The molecular formula is C23H20N2O3. The van der Waals surface area contributed by atoms with E-state index in [2.05, 4.69) is 10.3 Å². The SMILES string of the molecule is COc1cccc(-c2nc3ccc(NC(=O)CCc4ccccc4)cc3o2)c1. The molecule has 0 saturated heterocycles. The maximum absolute atomic E-state index is 12.2. The number of nitrogens with one attached hydrogen (secondary N) is 1. The second-order valence-corrected chi connectivity index (χ2v) is 6.47. The van der Waals surface area contributed by atoms with Crippen molar-refractivity contribution in [3.8, 4) is 17.2 Å². The lowest BCUT2D eigenvalue weighted by molar-refractivity contribution is -0.116. The Kier molecular flexibility index (Phi) is 5.06. The number of oxazole rings is 1. The molecule has 4 aromatic rings. The highest BCUT2D eigenvalue weighted by molar-refractivity contribution is 5.93. The molecule has 3 aromatic carbocycles. The van der Waals surface area contributed by atoms with Gasteiger partial charge in [-0.15, -0.1) is 0 Å². The van der Waals surface area contributed by atoms with Gasteiger partial charge in [-0.25, -0.2) is 4.98 Å². The van der Waals surface area contributed by atoms with E-state index in [1.165, 1.54) is 0 Å².